The van der Waals surface area contributed by atoms with Crippen molar-refractivity contribution in [3.8, 4) is 0 Å². The maximum atomic E-state index is 12.9. The number of hydrogen-bond acceptors (Lipinski definition) is 5. The van der Waals surface area contributed by atoms with E-state index in [4.69, 9.17) is 23.2 Å². The Morgan fingerprint density at radius 1 is 1.10 bits per heavy atom. The zero-order valence-electron chi connectivity index (χ0n) is 16.2. The number of anilines is 1. The predicted molar refractivity (Wildman–Crippen MR) is 120 cm³/mol. The summed E-state index contributed by atoms with van der Waals surface area (Å²) in [7, 11) is -3.50. The number of nitrogens with one attached hydrogen (secondary N) is 2. The first kappa shape index (κ1) is 22.8. The van der Waals surface area contributed by atoms with E-state index in [1.54, 1.807) is 36.6 Å². The molecule has 0 fully saturated rings. The van der Waals surface area contributed by atoms with Crippen molar-refractivity contribution in [1.82, 2.24) is 9.62 Å². The molecule has 2 aromatic rings. The molecule has 2 amide bonds. The molecule has 0 bridgehead atoms. The van der Waals surface area contributed by atoms with Gasteiger partial charge in [-0.25, -0.2) is 8.42 Å². The van der Waals surface area contributed by atoms with E-state index in [0.29, 0.717) is 26.2 Å². The van der Waals surface area contributed by atoms with Gasteiger partial charge in [-0.15, -0.1) is 11.3 Å². The van der Waals surface area contributed by atoms with E-state index in [1.165, 1.54) is 15.6 Å². The molecule has 0 saturated heterocycles. The highest BCUT2D eigenvalue weighted by Gasteiger charge is 2.30. The fraction of sp³-hybridized carbons (Fsp3) is 0.263. The highest BCUT2D eigenvalue weighted by Crippen LogP contribution is 2.28. The van der Waals surface area contributed by atoms with Gasteiger partial charge in [-0.05, 0) is 48.6 Å². The number of thiophene rings is 1. The number of carbonyl (C=O) groups is 2. The smallest absolute Gasteiger partial charge is 0.267 e. The summed E-state index contributed by atoms with van der Waals surface area (Å²) in [5.41, 5.74) is 1.83. The quantitative estimate of drug-likeness (QED) is 0.672. The first-order chi connectivity index (χ1) is 14.1. The Kier molecular flexibility index (Phi) is 6.88. The maximum Gasteiger partial charge on any atom is 0.267 e. The van der Waals surface area contributed by atoms with E-state index in [2.05, 4.69) is 10.6 Å². The second-order valence-corrected chi connectivity index (χ2v) is 10.5. The van der Waals surface area contributed by atoms with Crippen LogP contribution in [0, 0.1) is 6.92 Å². The third kappa shape index (κ3) is 5.22. The van der Waals surface area contributed by atoms with Crippen LogP contribution in [-0.2, 0) is 14.8 Å². The molecule has 1 aliphatic heterocycles. The number of halogens is 2. The molecule has 3 rings (SSSR count). The monoisotopic (exact) mass is 487 g/mol. The van der Waals surface area contributed by atoms with Crippen LogP contribution in [-0.4, -0.2) is 43.9 Å². The predicted octanol–water partition coefficient (Wildman–Crippen LogP) is 3.65. The Morgan fingerprint density at radius 3 is 2.33 bits per heavy atom. The number of nitrogens with zero attached hydrogens (tertiary/aromatic N) is 1. The Morgan fingerprint density at radius 2 is 1.77 bits per heavy atom. The normalized spacial score (nSPS) is 15.2. The van der Waals surface area contributed by atoms with Crippen molar-refractivity contribution in [2.75, 3.05) is 24.7 Å². The largest absolute Gasteiger partial charge is 0.323 e. The van der Waals surface area contributed by atoms with Crippen molar-refractivity contribution in [1.29, 1.82) is 0 Å². The first-order valence-electron chi connectivity index (χ1n) is 8.85. The molecule has 11 heteroatoms. The van der Waals surface area contributed by atoms with Crippen molar-refractivity contribution >= 4 is 62.1 Å². The summed E-state index contributed by atoms with van der Waals surface area (Å²) in [6, 6.07) is 6.58. The van der Waals surface area contributed by atoms with Crippen LogP contribution in [0.5, 0.6) is 0 Å². The molecule has 0 atom stereocenters. The standard InChI is InChI=1S/C19H19Cl2N3O4S2/c1-11-10-29-17(16(11)21)19(26)23-15-9-24(30(2,27)28)8-7-14(15)18(25)22-13-5-3-12(20)4-6-13/h3-6,10H,7-9H2,1-2H3,(H,22,25)(H,23,26). The summed E-state index contributed by atoms with van der Waals surface area (Å²) < 4.78 is 25.2. The Bertz CT molecular complexity index is 1130. The van der Waals surface area contributed by atoms with Gasteiger partial charge in [0, 0.05) is 28.5 Å². The lowest BCUT2D eigenvalue weighted by Crippen LogP contribution is -2.42. The average molecular weight is 488 g/mol. The molecule has 160 valence electrons. The molecule has 1 aromatic carbocycles. The summed E-state index contributed by atoms with van der Waals surface area (Å²) in [4.78, 5) is 25.9. The molecule has 0 saturated carbocycles. The molecule has 2 heterocycles. The third-order valence-corrected chi connectivity index (χ3v) is 7.72. The molecule has 2 N–H and O–H groups in total. The number of hydrogen-bond donors (Lipinski definition) is 2. The van der Waals surface area contributed by atoms with Crippen molar-refractivity contribution in [3.05, 3.63) is 61.4 Å². The van der Waals surface area contributed by atoms with Gasteiger partial charge < -0.3 is 10.6 Å². The van der Waals surface area contributed by atoms with Crippen molar-refractivity contribution in [3.63, 3.8) is 0 Å². The fourth-order valence-corrected chi connectivity index (χ4v) is 4.99. The van der Waals surface area contributed by atoms with E-state index >= 15 is 0 Å². The zero-order chi connectivity index (χ0) is 22.1. The molecular formula is C19H19Cl2N3O4S2. The minimum absolute atomic E-state index is 0.115. The fourth-order valence-electron chi connectivity index (χ4n) is 2.90. The molecular weight excluding hydrogens is 469 g/mol. The summed E-state index contributed by atoms with van der Waals surface area (Å²) in [5, 5.41) is 8.07. The summed E-state index contributed by atoms with van der Waals surface area (Å²) in [6.07, 6.45) is 1.24. The SMILES string of the molecule is Cc1csc(C(=O)NC2=C(C(=O)Nc3ccc(Cl)cc3)CCN(S(C)(=O)=O)C2)c1Cl. The van der Waals surface area contributed by atoms with Crippen LogP contribution in [0.4, 0.5) is 5.69 Å². The lowest BCUT2D eigenvalue weighted by Gasteiger charge is -2.28. The Hall–Kier alpha value is -1.91. The van der Waals surface area contributed by atoms with Gasteiger partial charge in [-0.1, -0.05) is 23.2 Å². The van der Waals surface area contributed by atoms with E-state index in [0.717, 1.165) is 11.8 Å². The van der Waals surface area contributed by atoms with Crippen molar-refractivity contribution in [2.24, 2.45) is 0 Å². The number of sulfonamides is 1. The lowest BCUT2D eigenvalue weighted by atomic mass is 10.1. The minimum Gasteiger partial charge on any atom is -0.323 e. The first-order valence-corrected chi connectivity index (χ1v) is 12.3. The minimum atomic E-state index is -3.50. The third-order valence-electron chi connectivity index (χ3n) is 4.52. The summed E-state index contributed by atoms with van der Waals surface area (Å²) in [6.45, 7) is 1.81. The molecule has 1 aromatic heterocycles. The van der Waals surface area contributed by atoms with Crippen LogP contribution in [0.1, 0.15) is 21.7 Å². The summed E-state index contributed by atoms with van der Waals surface area (Å²) >= 11 is 13.2. The number of carbonyl (C=O) groups excluding carboxylic acids is 2. The van der Waals surface area contributed by atoms with Crippen LogP contribution in [0.3, 0.4) is 0 Å². The number of benzene rings is 1. The zero-order valence-corrected chi connectivity index (χ0v) is 19.3. The van der Waals surface area contributed by atoms with Crippen LogP contribution >= 0.6 is 34.5 Å². The number of amides is 2. The molecule has 0 aliphatic carbocycles. The lowest BCUT2D eigenvalue weighted by molar-refractivity contribution is -0.113. The van der Waals surface area contributed by atoms with E-state index < -0.39 is 21.8 Å². The molecule has 0 unspecified atom stereocenters. The van der Waals surface area contributed by atoms with Gasteiger partial charge >= 0.3 is 0 Å². The molecule has 0 radical (unpaired) electrons. The highest BCUT2D eigenvalue weighted by atomic mass is 35.5. The molecule has 0 spiro atoms. The number of rotatable bonds is 5. The molecule has 30 heavy (non-hydrogen) atoms. The van der Waals surface area contributed by atoms with Gasteiger partial charge in [0.05, 0.1) is 17.8 Å². The van der Waals surface area contributed by atoms with Crippen molar-refractivity contribution < 1.29 is 18.0 Å². The van der Waals surface area contributed by atoms with Crippen molar-refractivity contribution in [2.45, 2.75) is 13.3 Å². The van der Waals surface area contributed by atoms with Gasteiger partial charge in [0.15, 0.2) is 0 Å². The molecule has 7 nitrogen and oxygen atoms in total. The van der Waals surface area contributed by atoms with Gasteiger partial charge in [-0.2, -0.15) is 4.31 Å². The van der Waals surface area contributed by atoms with E-state index in [-0.39, 0.29) is 25.2 Å². The maximum absolute atomic E-state index is 12.9. The van der Waals surface area contributed by atoms with Crippen LogP contribution in [0.25, 0.3) is 0 Å². The Balaban J connectivity index is 1.90. The van der Waals surface area contributed by atoms with Gasteiger partial charge in [0.2, 0.25) is 10.0 Å². The van der Waals surface area contributed by atoms with Crippen LogP contribution < -0.4 is 10.6 Å². The van der Waals surface area contributed by atoms with Crippen LogP contribution in [0.15, 0.2) is 40.9 Å². The van der Waals surface area contributed by atoms with Gasteiger partial charge in [0.1, 0.15) is 4.88 Å². The highest BCUT2D eigenvalue weighted by molar-refractivity contribution is 7.88. The Labute approximate surface area is 188 Å². The summed E-state index contributed by atoms with van der Waals surface area (Å²) in [5.74, 6) is -0.908. The van der Waals surface area contributed by atoms with E-state index in [9.17, 15) is 18.0 Å². The molecule has 1 aliphatic rings. The van der Waals surface area contributed by atoms with Crippen LogP contribution in [0.2, 0.25) is 10.0 Å². The second kappa shape index (κ2) is 9.07. The number of aryl methyl sites for hydroxylation is 1. The second-order valence-electron chi connectivity index (χ2n) is 6.78. The van der Waals surface area contributed by atoms with E-state index in [1.807, 2.05) is 0 Å². The topological polar surface area (TPSA) is 95.6 Å². The van der Waals surface area contributed by atoms with Gasteiger partial charge in [0.25, 0.3) is 11.8 Å². The van der Waals surface area contributed by atoms with Gasteiger partial charge in [-0.3, -0.25) is 9.59 Å². The average Bonchev–Trinajstić information content (AvgIpc) is 3.01.